The van der Waals surface area contributed by atoms with E-state index in [1.165, 1.54) is 15.9 Å². The third kappa shape index (κ3) is 3.10. The molecule has 0 radical (unpaired) electrons. The molecule has 0 N–H and O–H groups in total. The first-order valence-corrected chi connectivity index (χ1v) is 8.22. The van der Waals surface area contributed by atoms with Crippen LogP contribution in [0.15, 0.2) is 35.8 Å². The molecule has 0 saturated heterocycles. The van der Waals surface area contributed by atoms with Gasteiger partial charge in [0, 0.05) is 22.5 Å². The Kier molecular flexibility index (Phi) is 3.97. The lowest BCUT2D eigenvalue weighted by Crippen LogP contribution is -2.05. The molecule has 0 amide bonds. The number of aromatic nitrogens is 2. The van der Waals surface area contributed by atoms with Gasteiger partial charge in [0.2, 0.25) is 0 Å². The van der Waals surface area contributed by atoms with Crippen molar-refractivity contribution in [2.24, 2.45) is 0 Å². The first-order valence-electron chi connectivity index (χ1n) is 7.34. The van der Waals surface area contributed by atoms with E-state index >= 15 is 0 Å². The number of aryl methyl sites for hydroxylation is 1. The molecule has 110 valence electrons. The van der Waals surface area contributed by atoms with E-state index in [4.69, 9.17) is 4.74 Å². The summed E-state index contributed by atoms with van der Waals surface area (Å²) in [5.74, 6) is 0.928. The molecule has 3 nitrogen and oxygen atoms in total. The lowest BCUT2D eigenvalue weighted by atomic mass is 10.2. The average molecular weight is 300 g/mol. The minimum Gasteiger partial charge on any atom is -0.491 e. The van der Waals surface area contributed by atoms with Crippen LogP contribution in [0.5, 0.6) is 5.75 Å². The van der Waals surface area contributed by atoms with Crippen LogP contribution in [0.4, 0.5) is 0 Å². The second-order valence-electron chi connectivity index (χ2n) is 5.42. The predicted octanol–water partition coefficient (Wildman–Crippen LogP) is 4.50. The Morgan fingerprint density at radius 1 is 1.29 bits per heavy atom. The van der Waals surface area contributed by atoms with Crippen molar-refractivity contribution in [3.05, 3.63) is 46.5 Å². The summed E-state index contributed by atoms with van der Waals surface area (Å²) < 4.78 is 7.99. The van der Waals surface area contributed by atoms with Crippen LogP contribution in [0, 0.1) is 0 Å². The molecule has 0 aliphatic heterocycles. The largest absolute Gasteiger partial charge is 0.491 e. The van der Waals surface area contributed by atoms with Crippen molar-refractivity contribution in [3.8, 4) is 5.75 Å². The fourth-order valence-electron chi connectivity index (χ4n) is 2.42. The molecule has 21 heavy (non-hydrogen) atoms. The zero-order chi connectivity index (χ0) is 14.8. The highest BCUT2D eigenvalue weighted by Crippen LogP contribution is 2.24. The maximum atomic E-state index is 5.75. The molecule has 1 aromatic carbocycles. The molecule has 0 spiro atoms. The van der Waals surface area contributed by atoms with Gasteiger partial charge in [-0.15, -0.1) is 11.3 Å². The van der Waals surface area contributed by atoms with Gasteiger partial charge < -0.3 is 9.30 Å². The molecule has 4 heteroatoms. The van der Waals surface area contributed by atoms with Crippen LogP contribution in [-0.2, 0) is 13.0 Å². The first kappa shape index (κ1) is 14.1. The second-order valence-corrected chi connectivity index (χ2v) is 6.36. The minimum absolute atomic E-state index is 0.201. The quantitative estimate of drug-likeness (QED) is 0.694. The number of benzene rings is 1. The maximum Gasteiger partial charge on any atom is 0.120 e. The third-order valence-corrected chi connectivity index (χ3v) is 4.39. The Morgan fingerprint density at radius 3 is 2.86 bits per heavy atom. The monoisotopic (exact) mass is 300 g/mol. The highest BCUT2D eigenvalue weighted by atomic mass is 32.1. The van der Waals surface area contributed by atoms with Crippen LogP contribution in [0.25, 0.3) is 10.9 Å². The molecule has 2 heterocycles. The van der Waals surface area contributed by atoms with Gasteiger partial charge in [-0.2, -0.15) is 0 Å². The van der Waals surface area contributed by atoms with E-state index in [-0.39, 0.29) is 6.10 Å². The van der Waals surface area contributed by atoms with Crippen molar-refractivity contribution in [1.29, 1.82) is 0 Å². The van der Waals surface area contributed by atoms with Gasteiger partial charge >= 0.3 is 0 Å². The van der Waals surface area contributed by atoms with Crippen LogP contribution < -0.4 is 4.74 Å². The van der Waals surface area contributed by atoms with E-state index in [1.54, 1.807) is 11.3 Å². The minimum atomic E-state index is 0.201. The van der Waals surface area contributed by atoms with Crippen molar-refractivity contribution >= 4 is 22.2 Å². The lowest BCUT2D eigenvalue weighted by Gasteiger charge is -2.10. The van der Waals surface area contributed by atoms with Gasteiger partial charge in [-0.3, -0.25) is 0 Å². The third-order valence-electron chi connectivity index (χ3n) is 3.35. The van der Waals surface area contributed by atoms with Crippen molar-refractivity contribution in [2.45, 2.75) is 39.8 Å². The number of nitrogens with zero attached hydrogens (tertiary/aromatic N) is 2. The Labute approximate surface area is 129 Å². The van der Waals surface area contributed by atoms with Gasteiger partial charge in [0.1, 0.15) is 5.75 Å². The Bertz CT molecular complexity index is 742. The summed E-state index contributed by atoms with van der Waals surface area (Å²) in [6.45, 7) is 7.06. The summed E-state index contributed by atoms with van der Waals surface area (Å²) in [6, 6.07) is 8.40. The average Bonchev–Trinajstić information content (AvgIpc) is 3.06. The summed E-state index contributed by atoms with van der Waals surface area (Å²) in [6.07, 6.45) is 3.33. The van der Waals surface area contributed by atoms with Crippen molar-refractivity contribution < 1.29 is 4.74 Å². The van der Waals surface area contributed by atoms with Crippen LogP contribution in [0.1, 0.15) is 31.5 Å². The summed E-state index contributed by atoms with van der Waals surface area (Å²) in [4.78, 5) is 4.64. The molecule has 3 aromatic rings. The fraction of sp³-hybridized carbons (Fsp3) is 0.353. The van der Waals surface area contributed by atoms with Gasteiger partial charge in [-0.05, 0) is 44.5 Å². The number of ether oxygens (including phenoxy) is 1. The van der Waals surface area contributed by atoms with Crippen molar-refractivity contribution in [2.75, 3.05) is 0 Å². The summed E-state index contributed by atoms with van der Waals surface area (Å²) in [5, 5.41) is 4.56. The summed E-state index contributed by atoms with van der Waals surface area (Å²) in [7, 11) is 0. The molecule has 0 aliphatic rings. The van der Waals surface area contributed by atoms with E-state index in [1.807, 2.05) is 19.9 Å². The normalized spacial score (nSPS) is 11.4. The highest BCUT2D eigenvalue weighted by Gasteiger charge is 2.06. The van der Waals surface area contributed by atoms with E-state index in [2.05, 4.69) is 46.3 Å². The van der Waals surface area contributed by atoms with E-state index in [9.17, 15) is 0 Å². The Hall–Kier alpha value is -1.81. The molecule has 0 aliphatic carbocycles. The summed E-state index contributed by atoms with van der Waals surface area (Å²) in [5.41, 5.74) is 2.36. The molecule has 3 rings (SSSR count). The zero-order valence-corrected chi connectivity index (χ0v) is 13.5. The molecular formula is C17H20N2OS. The maximum absolute atomic E-state index is 5.75. The number of hydrogen-bond acceptors (Lipinski definition) is 3. The summed E-state index contributed by atoms with van der Waals surface area (Å²) >= 11 is 1.74. The van der Waals surface area contributed by atoms with E-state index in [0.29, 0.717) is 0 Å². The van der Waals surface area contributed by atoms with Gasteiger partial charge in [-0.25, -0.2) is 4.98 Å². The molecule has 0 fully saturated rings. The van der Waals surface area contributed by atoms with E-state index in [0.717, 1.165) is 24.4 Å². The Balaban J connectivity index is 1.86. The van der Waals surface area contributed by atoms with E-state index < -0.39 is 0 Å². The first-order chi connectivity index (χ1) is 10.2. The molecule has 0 atom stereocenters. The smallest absolute Gasteiger partial charge is 0.120 e. The van der Waals surface area contributed by atoms with Crippen molar-refractivity contribution in [1.82, 2.24) is 9.55 Å². The zero-order valence-electron chi connectivity index (χ0n) is 12.7. The topological polar surface area (TPSA) is 27.1 Å². The molecule has 0 saturated carbocycles. The van der Waals surface area contributed by atoms with Crippen LogP contribution >= 0.6 is 11.3 Å². The SMILES string of the molecule is CCc1nc(Cn2ccc3cc(OC(C)C)ccc32)cs1. The highest BCUT2D eigenvalue weighted by molar-refractivity contribution is 7.09. The van der Waals surface area contributed by atoms with Gasteiger partial charge in [0.25, 0.3) is 0 Å². The van der Waals surface area contributed by atoms with Crippen LogP contribution in [0.3, 0.4) is 0 Å². The van der Waals surface area contributed by atoms with Gasteiger partial charge in [0.15, 0.2) is 0 Å². The Morgan fingerprint density at radius 2 is 2.14 bits per heavy atom. The second kappa shape index (κ2) is 5.90. The van der Waals surface area contributed by atoms with Gasteiger partial charge in [0.05, 0.1) is 23.4 Å². The fourth-order valence-corrected chi connectivity index (χ4v) is 3.16. The van der Waals surface area contributed by atoms with Crippen molar-refractivity contribution in [3.63, 3.8) is 0 Å². The van der Waals surface area contributed by atoms with Crippen LogP contribution in [-0.4, -0.2) is 15.7 Å². The molecule has 0 unspecified atom stereocenters. The standard InChI is InChI=1S/C17H20N2OS/c1-4-17-18-14(11-21-17)10-19-8-7-13-9-15(20-12(2)3)5-6-16(13)19/h5-9,11-12H,4,10H2,1-3H3. The number of thiazole rings is 1. The van der Waals surface area contributed by atoms with Crippen LogP contribution in [0.2, 0.25) is 0 Å². The lowest BCUT2D eigenvalue weighted by molar-refractivity contribution is 0.243. The molecule has 2 aromatic heterocycles. The van der Waals surface area contributed by atoms with Gasteiger partial charge in [-0.1, -0.05) is 6.92 Å². The number of fused-ring (bicyclic) bond motifs is 1. The predicted molar refractivity (Wildman–Crippen MR) is 88.3 cm³/mol. The molecule has 0 bridgehead atoms. The number of rotatable bonds is 5. The number of hydrogen-bond donors (Lipinski definition) is 0. The molecular weight excluding hydrogens is 280 g/mol.